The van der Waals surface area contributed by atoms with Gasteiger partial charge in [-0.15, -0.1) is 0 Å². The topological polar surface area (TPSA) is 112 Å². The molecule has 0 bridgehead atoms. The van der Waals surface area contributed by atoms with E-state index in [1.54, 1.807) is 27.8 Å². The van der Waals surface area contributed by atoms with Crippen molar-refractivity contribution in [1.29, 1.82) is 0 Å². The van der Waals surface area contributed by atoms with Gasteiger partial charge in [0.05, 0.1) is 13.5 Å². The number of fused-ring (bicyclic) bond motifs is 1. The molecule has 1 aromatic carbocycles. The molecule has 1 aliphatic heterocycles. The van der Waals surface area contributed by atoms with Gasteiger partial charge in [-0.3, -0.25) is 19.3 Å². The fourth-order valence-electron chi connectivity index (χ4n) is 3.64. The summed E-state index contributed by atoms with van der Waals surface area (Å²) in [5, 5.41) is 19.7. The maximum absolute atomic E-state index is 12.2. The Morgan fingerprint density at radius 1 is 1.21 bits per heavy atom. The number of carbonyl (C=O) groups is 3. The van der Waals surface area contributed by atoms with Crippen LogP contribution in [0.1, 0.15) is 18.0 Å². The minimum Gasteiger partial charge on any atom is -0.497 e. The van der Waals surface area contributed by atoms with Gasteiger partial charge >= 0.3 is 11.9 Å². The number of carbonyl (C=O) groups excluding carboxylic acids is 1. The summed E-state index contributed by atoms with van der Waals surface area (Å²) in [6.45, 7) is 2.06. The first kappa shape index (κ1) is 19.7. The zero-order valence-corrected chi connectivity index (χ0v) is 15.6. The zero-order valence-electron chi connectivity index (χ0n) is 15.6. The number of aryl methyl sites for hydroxylation is 1. The fourth-order valence-corrected chi connectivity index (χ4v) is 3.64. The van der Waals surface area contributed by atoms with Crippen LogP contribution >= 0.6 is 0 Å². The molecule has 0 spiro atoms. The van der Waals surface area contributed by atoms with Gasteiger partial charge in [0.2, 0.25) is 6.41 Å². The summed E-state index contributed by atoms with van der Waals surface area (Å²) >= 11 is 0. The second-order valence-electron chi connectivity index (χ2n) is 6.72. The number of ether oxygens (including phenoxy) is 1. The van der Waals surface area contributed by atoms with Crippen LogP contribution in [0.2, 0.25) is 0 Å². The zero-order chi connectivity index (χ0) is 20.3. The van der Waals surface area contributed by atoms with E-state index in [4.69, 9.17) is 9.84 Å². The normalized spacial score (nSPS) is 16.1. The second-order valence-corrected chi connectivity index (χ2v) is 6.72. The van der Waals surface area contributed by atoms with Crippen LogP contribution in [0.3, 0.4) is 0 Å². The van der Waals surface area contributed by atoms with E-state index in [1.807, 2.05) is 11.0 Å². The van der Waals surface area contributed by atoms with E-state index < -0.39 is 18.0 Å². The number of rotatable bonds is 8. The van der Waals surface area contributed by atoms with Crippen LogP contribution in [0.4, 0.5) is 0 Å². The highest BCUT2D eigenvalue weighted by Crippen LogP contribution is 2.33. The maximum Gasteiger partial charge on any atom is 0.325 e. The average Bonchev–Trinajstić information content (AvgIpc) is 3.04. The highest BCUT2D eigenvalue weighted by molar-refractivity contribution is 5.90. The second kappa shape index (κ2) is 8.30. The molecule has 150 valence electrons. The number of carboxylic acid groups (broad SMARTS) is 2. The number of aromatic nitrogens is 1. The molecule has 3 rings (SSSR count). The van der Waals surface area contributed by atoms with E-state index in [0.717, 1.165) is 17.3 Å². The molecule has 2 aromatic rings. The Kier molecular flexibility index (Phi) is 5.84. The van der Waals surface area contributed by atoms with Gasteiger partial charge in [0.25, 0.3) is 0 Å². The molecule has 0 saturated carbocycles. The molecule has 28 heavy (non-hydrogen) atoms. The Hall–Kier alpha value is -3.07. The van der Waals surface area contributed by atoms with Gasteiger partial charge in [-0.1, -0.05) is 0 Å². The summed E-state index contributed by atoms with van der Waals surface area (Å²) in [7, 11) is 1.54. The molecule has 9 heteroatoms. The summed E-state index contributed by atoms with van der Waals surface area (Å²) in [5.74, 6) is -1.31. The largest absolute Gasteiger partial charge is 0.497 e. The SMILES string of the molecule is COc1ccc2c(c1)c([C@H](C(=O)O)N1CCN(C=O)CC1)cn2CCC(=O)O. The monoisotopic (exact) mass is 389 g/mol. The smallest absolute Gasteiger partial charge is 0.325 e. The van der Waals surface area contributed by atoms with Crippen LogP contribution in [0.15, 0.2) is 24.4 Å². The molecular formula is C19H23N3O6. The van der Waals surface area contributed by atoms with Crippen molar-refractivity contribution in [1.82, 2.24) is 14.4 Å². The van der Waals surface area contributed by atoms with Crippen LogP contribution < -0.4 is 4.74 Å². The number of piperazine rings is 1. The summed E-state index contributed by atoms with van der Waals surface area (Å²) in [6, 6.07) is 4.46. The molecule has 0 aliphatic carbocycles. The Morgan fingerprint density at radius 3 is 2.50 bits per heavy atom. The van der Waals surface area contributed by atoms with Crippen molar-refractivity contribution in [3.8, 4) is 5.75 Å². The van der Waals surface area contributed by atoms with Crippen molar-refractivity contribution in [3.63, 3.8) is 0 Å². The van der Waals surface area contributed by atoms with Crippen LogP contribution in [0.5, 0.6) is 5.75 Å². The number of hydrogen-bond donors (Lipinski definition) is 2. The minimum atomic E-state index is -0.986. The van der Waals surface area contributed by atoms with E-state index in [0.29, 0.717) is 37.5 Å². The third kappa shape index (κ3) is 3.94. The molecule has 1 saturated heterocycles. The van der Waals surface area contributed by atoms with E-state index in [-0.39, 0.29) is 13.0 Å². The van der Waals surface area contributed by atoms with Crippen molar-refractivity contribution >= 4 is 29.3 Å². The van der Waals surface area contributed by atoms with E-state index in [2.05, 4.69) is 0 Å². The number of nitrogens with zero attached hydrogens (tertiary/aromatic N) is 3. The van der Waals surface area contributed by atoms with Gasteiger partial charge in [-0.25, -0.2) is 0 Å². The molecule has 1 amide bonds. The average molecular weight is 389 g/mol. The van der Waals surface area contributed by atoms with Crippen LogP contribution in [-0.4, -0.2) is 76.2 Å². The lowest BCUT2D eigenvalue weighted by Gasteiger charge is -2.36. The number of aliphatic carboxylic acids is 2. The Morgan fingerprint density at radius 2 is 1.93 bits per heavy atom. The predicted octanol–water partition coefficient (Wildman–Crippen LogP) is 1.02. The first-order valence-electron chi connectivity index (χ1n) is 8.99. The van der Waals surface area contributed by atoms with E-state index in [9.17, 15) is 19.5 Å². The number of amides is 1. The minimum absolute atomic E-state index is 0.0645. The highest BCUT2D eigenvalue weighted by Gasteiger charge is 2.32. The Labute approximate surface area is 161 Å². The lowest BCUT2D eigenvalue weighted by atomic mass is 10.0. The Bertz CT molecular complexity index is 885. The number of carboxylic acids is 2. The van der Waals surface area contributed by atoms with Crippen LogP contribution in [0, 0.1) is 0 Å². The lowest BCUT2D eigenvalue weighted by molar-refractivity contribution is -0.144. The molecule has 1 aliphatic rings. The van der Waals surface area contributed by atoms with E-state index >= 15 is 0 Å². The van der Waals surface area contributed by atoms with E-state index in [1.165, 1.54) is 7.11 Å². The van der Waals surface area contributed by atoms with Gasteiger partial charge in [0.15, 0.2) is 0 Å². The first-order chi connectivity index (χ1) is 13.4. The molecule has 2 N–H and O–H groups in total. The molecule has 0 radical (unpaired) electrons. The highest BCUT2D eigenvalue weighted by atomic mass is 16.5. The summed E-state index contributed by atoms with van der Waals surface area (Å²) < 4.78 is 7.06. The molecule has 1 atom stereocenters. The van der Waals surface area contributed by atoms with Crippen molar-refractivity contribution in [2.45, 2.75) is 19.0 Å². The molecule has 9 nitrogen and oxygen atoms in total. The number of methoxy groups -OCH3 is 1. The van der Waals surface area contributed by atoms with Gasteiger partial charge in [-0.05, 0) is 18.2 Å². The van der Waals surface area contributed by atoms with Crippen molar-refractivity contribution in [2.75, 3.05) is 33.3 Å². The van der Waals surface area contributed by atoms with Crippen molar-refractivity contribution in [3.05, 3.63) is 30.0 Å². The number of hydrogen-bond acceptors (Lipinski definition) is 5. The number of benzene rings is 1. The fraction of sp³-hybridized carbons (Fsp3) is 0.421. The summed E-state index contributed by atoms with van der Waals surface area (Å²) in [6.07, 6.45) is 2.43. The third-order valence-electron chi connectivity index (χ3n) is 5.08. The van der Waals surface area contributed by atoms with Crippen LogP contribution in [-0.2, 0) is 20.9 Å². The van der Waals surface area contributed by atoms with Gasteiger partial charge in [0.1, 0.15) is 11.8 Å². The quantitative estimate of drug-likeness (QED) is 0.648. The molecule has 1 fully saturated rings. The van der Waals surface area contributed by atoms with Crippen LogP contribution in [0.25, 0.3) is 10.9 Å². The third-order valence-corrected chi connectivity index (χ3v) is 5.08. The summed E-state index contributed by atoms with van der Waals surface area (Å²) in [4.78, 5) is 37.6. The molecule has 1 aromatic heterocycles. The van der Waals surface area contributed by atoms with Crippen molar-refractivity contribution < 1.29 is 29.3 Å². The molecular weight excluding hydrogens is 366 g/mol. The molecule has 2 heterocycles. The first-order valence-corrected chi connectivity index (χ1v) is 8.99. The standard InChI is InChI=1S/C19H23N3O6/c1-28-13-2-3-16-14(10-13)15(11-22(16)5-4-17(24)25)18(19(26)27)21-8-6-20(12-23)7-9-21/h2-3,10-12,18H,4-9H2,1H3,(H,24,25)(H,26,27)/t18-/m1/s1. The predicted molar refractivity (Wildman–Crippen MR) is 100 cm³/mol. The van der Waals surface area contributed by atoms with Gasteiger partial charge in [-0.2, -0.15) is 0 Å². The van der Waals surface area contributed by atoms with Gasteiger partial charge in [0, 0.05) is 55.4 Å². The van der Waals surface area contributed by atoms with Crippen molar-refractivity contribution in [2.24, 2.45) is 0 Å². The lowest BCUT2D eigenvalue weighted by Crippen LogP contribution is -2.48. The Balaban J connectivity index is 2.03. The maximum atomic E-state index is 12.2. The summed E-state index contributed by atoms with van der Waals surface area (Å²) in [5.41, 5.74) is 1.35. The van der Waals surface area contributed by atoms with Gasteiger partial charge < -0.3 is 24.4 Å². The molecule has 0 unspecified atom stereocenters.